The van der Waals surface area contributed by atoms with E-state index in [1.54, 1.807) is 0 Å². The fourth-order valence-electron chi connectivity index (χ4n) is 1.09. The van der Waals surface area contributed by atoms with Crippen LogP contribution in [0.2, 0.25) is 0 Å². The molecule has 0 heterocycles. The Balaban J connectivity index is 2.11. The van der Waals surface area contributed by atoms with Crippen molar-refractivity contribution in [3.63, 3.8) is 0 Å². The van der Waals surface area contributed by atoms with Gasteiger partial charge in [-0.3, -0.25) is 9.59 Å². The molecule has 0 bridgehead atoms. The zero-order chi connectivity index (χ0) is 12.2. The van der Waals surface area contributed by atoms with Gasteiger partial charge in [0.1, 0.15) is 5.41 Å². The highest BCUT2D eigenvalue weighted by Crippen LogP contribution is 2.28. The molecule has 0 aromatic heterocycles. The van der Waals surface area contributed by atoms with Crippen molar-refractivity contribution in [2.75, 3.05) is 19.8 Å². The first kappa shape index (κ1) is 13.0. The topological polar surface area (TPSA) is 75.6 Å². The van der Waals surface area contributed by atoms with E-state index < -0.39 is 17.3 Å². The maximum atomic E-state index is 11.5. The molecule has 1 rings (SSSR count). The van der Waals surface area contributed by atoms with Crippen LogP contribution in [0, 0.1) is 11.3 Å². The van der Waals surface area contributed by atoms with Crippen LogP contribution in [-0.2, 0) is 14.3 Å². The minimum Gasteiger partial charge on any atom is -0.480 e. The molecular weight excluding hydrogens is 210 g/mol. The molecule has 0 saturated heterocycles. The van der Waals surface area contributed by atoms with E-state index in [1.807, 2.05) is 0 Å². The van der Waals surface area contributed by atoms with Crippen molar-refractivity contribution in [2.45, 2.75) is 26.7 Å². The summed E-state index contributed by atoms with van der Waals surface area (Å²) in [4.78, 5) is 22.2. The van der Waals surface area contributed by atoms with Crippen LogP contribution < -0.4 is 5.32 Å². The minimum atomic E-state index is -1.38. The minimum absolute atomic E-state index is 0.363. The lowest BCUT2D eigenvalue weighted by molar-refractivity contribution is -0.153. The molecule has 0 spiro atoms. The Morgan fingerprint density at radius 1 is 1.44 bits per heavy atom. The van der Waals surface area contributed by atoms with Gasteiger partial charge in [0, 0.05) is 13.2 Å². The Morgan fingerprint density at radius 2 is 2.06 bits per heavy atom. The molecule has 0 aromatic carbocycles. The molecule has 0 radical (unpaired) electrons. The van der Waals surface area contributed by atoms with Crippen LogP contribution in [0.3, 0.4) is 0 Å². The third kappa shape index (κ3) is 3.81. The predicted octanol–water partition coefficient (Wildman–Crippen LogP) is 0.640. The molecule has 1 amide bonds. The summed E-state index contributed by atoms with van der Waals surface area (Å²) < 4.78 is 5.32. The lowest BCUT2D eigenvalue weighted by Gasteiger charge is -2.18. The molecular formula is C11H19NO4. The standard InChI is InChI=1S/C11H19NO4/c1-11(2,10(14)15)9(13)12-5-6-16-7-8-3-4-8/h8H,3-7H2,1-2H3,(H,12,13)(H,14,15). The third-order valence-corrected chi connectivity index (χ3v) is 2.68. The van der Waals surface area contributed by atoms with Crippen molar-refractivity contribution in [3.8, 4) is 0 Å². The Morgan fingerprint density at radius 3 is 2.56 bits per heavy atom. The summed E-state index contributed by atoms with van der Waals surface area (Å²) in [6, 6.07) is 0. The second-order valence-corrected chi connectivity index (χ2v) is 4.70. The van der Waals surface area contributed by atoms with Crippen molar-refractivity contribution >= 4 is 11.9 Å². The first-order valence-electron chi connectivity index (χ1n) is 5.54. The molecule has 0 atom stereocenters. The van der Waals surface area contributed by atoms with Gasteiger partial charge < -0.3 is 15.2 Å². The summed E-state index contributed by atoms with van der Waals surface area (Å²) in [5.74, 6) is -0.898. The summed E-state index contributed by atoms with van der Waals surface area (Å²) in [6.07, 6.45) is 2.47. The van der Waals surface area contributed by atoms with Gasteiger partial charge in [-0.25, -0.2) is 0 Å². The largest absolute Gasteiger partial charge is 0.480 e. The molecule has 5 heteroatoms. The number of aliphatic carboxylic acids is 1. The van der Waals surface area contributed by atoms with E-state index in [0.717, 1.165) is 6.61 Å². The maximum absolute atomic E-state index is 11.5. The molecule has 0 aromatic rings. The summed E-state index contributed by atoms with van der Waals surface area (Å²) in [5, 5.41) is 11.4. The number of carbonyl (C=O) groups excluding carboxylic acids is 1. The number of rotatable bonds is 7. The zero-order valence-electron chi connectivity index (χ0n) is 9.78. The smallest absolute Gasteiger partial charge is 0.318 e. The molecule has 2 N–H and O–H groups in total. The van der Waals surface area contributed by atoms with E-state index in [2.05, 4.69) is 5.32 Å². The molecule has 1 aliphatic carbocycles. The van der Waals surface area contributed by atoms with E-state index in [-0.39, 0.29) is 0 Å². The zero-order valence-corrected chi connectivity index (χ0v) is 9.78. The summed E-state index contributed by atoms with van der Waals surface area (Å²) in [6.45, 7) is 4.32. The summed E-state index contributed by atoms with van der Waals surface area (Å²) in [7, 11) is 0. The SMILES string of the molecule is CC(C)(C(=O)O)C(=O)NCCOCC1CC1. The van der Waals surface area contributed by atoms with Crippen LogP contribution in [0.5, 0.6) is 0 Å². The molecule has 1 fully saturated rings. The van der Waals surface area contributed by atoms with Crippen molar-refractivity contribution in [2.24, 2.45) is 11.3 Å². The van der Waals surface area contributed by atoms with Gasteiger partial charge in [-0.05, 0) is 32.6 Å². The average Bonchev–Trinajstić information content (AvgIpc) is 3.00. The van der Waals surface area contributed by atoms with Crippen molar-refractivity contribution in [3.05, 3.63) is 0 Å². The van der Waals surface area contributed by atoms with Crippen LogP contribution >= 0.6 is 0 Å². The van der Waals surface area contributed by atoms with Gasteiger partial charge in [-0.2, -0.15) is 0 Å². The number of carbonyl (C=O) groups is 2. The quantitative estimate of drug-likeness (QED) is 0.496. The Hall–Kier alpha value is -1.10. The van der Waals surface area contributed by atoms with Gasteiger partial charge in [0.05, 0.1) is 6.61 Å². The highest BCUT2D eigenvalue weighted by molar-refractivity contribution is 6.00. The number of hydrogen-bond donors (Lipinski definition) is 2. The molecule has 1 saturated carbocycles. The number of carboxylic acids is 1. The van der Waals surface area contributed by atoms with E-state index in [0.29, 0.717) is 19.1 Å². The van der Waals surface area contributed by atoms with Crippen LogP contribution in [0.4, 0.5) is 0 Å². The van der Waals surface area contributed by atoms with Gasteiger partial charge in [0.2, 0.25) is 5.91 Å². The molecule has 5 nitrogen and oxygen atoms in total. The molecule has 0 aliphatic heterocycles. The first-order chi connectivity index (χ1) is 7.44. The summed E-state index contributed by atoms with van der Waals surface area (Å²) in [5.41, 5.74) is -1.38. The fraction of sp³-hybridized carbons (Fsp3) is 0.818. The number of hydrogen-bond acceptors (Lipinski definition) is 3. The van der Waals surface area contributed by atoms with Gasteiger partial charge in [-0.1, -0.05) is 0 Å². The van der Waals surface area contributed by atoms with Crippen LogP contribution in [0.15, 0.2) is 0 Å². The molecule has 1 aliphatic rings. The number of ether oxygens (including phenoxy) is 1. The van der Waals surface area contributed by atoms with Crippen molar-refractivity contribution in [1.82, 2.24) is 5.32 Å². The van der Waals surface area contributed by atoms with E-state index in [4.69, 9.17) is 9.84 Å². The molecule has 16 heavy (non-hydrogen) atoms. The lowest BCUT2D eigenvalue weighted by Crippen LogP contribution is -2.43. The summed E-state index contributed by atoms with van der Waals surface area (Å²) >= 11 is 0. The predicted molar refractivity (Wildman–Crippen MR) is 58.0 cm³/mol. The van der Waals surface area contributed by atoms with Crippen LogP contribution in [-0.4, -0.2) is 36.7 Å². The van der Waals surface area contributed by atoms with Gasteiger partial charge in [-0.15, -0.1) is 0 Å². The number of nitrogens with one attached hydrogen (secondary N) is 1. The number of amides is 1. The van der Waals surface area contributed by atoms with E-state index in [9.17, 15) is 9.59 Å². The fourth-order valence-corrected chi connectivity index (χ4v) is 1.09. The highest BCUT2D eigenvalue weighted by Gasteiger charge is 2.35. The normalized spacial score (nSPS) is 15.9. The Kier molecular flexibility index (Phi) is 4.29. The van der Waals surface area contributed by atoms with Crippen LogP contribution in [0.1, 0.15) is 26.7 Å². The Bertz CT molecular complexity index is 271. The third-order valence-electron chi connectivity index (χ3n) is 2.68. The average molecular weight is 229 g/mol. The molecule has 92 valence electrons. The van der Waals surface area contributed by atoms with E-state index >= 15 is 0 Å². The van der Waals surface area contributed by atoms with Crippen LogP contribution in [0.25, 0.3) is 0 Å². The second-order valence-electron chi connectivity index (χ2n) is 4.70. The lowest BCUT2D eigenvalue weighted by atomic mass is 9.93. The van der Waals surface area contributed by atoms with Crippen molar-refractivity contribution < 1.29 is 19.4 Å². The monoisotopic (exact) mass is 229 g/mol. The second kappa shape index (κ2) is 5.30. The molecule has 0 unspecified atom stereocenters. The van der Waals surface area contributed by atoms with Crippen molar-refractivity contribution in [1.29, 1.82) is 0 Å². The van der Waals surface area contributed by atoms with Gasteiger partial charge >= 0.3 is 5.97 Å². The van der Waals surface area contributed by atoms with E-state index in [1.165, 1.54) is 26.7 Å². The first-order valence-corrected chi connectivity index (χ1v) is 5.54. The highest BCUT2D eigenvalue weighted by atomic mass is 16.5. The van der Waals surface area contributed by atoms with Gasteiger partial charge in [0.25, 0.3) is 0 Å². The van der Waals surface area contributed by atoms with Gasteiger partial charge in [0.15, 0.2) is 0 Å². The maximum Gasteiger partial charge on any atom is 0.318 e. The number of carboxylic acid groups (broad SMARTS) is 1. The Labute approximate surface area is 95.2 Å².